The predicted octanol–water partition coefficient (Wildman–Crippen LogP) is 5.67. The van der Waals surface area contributed by atoms with E-state index in [9.17, 15) is 5.11 Å². The van der Waals surface area contributed by atoms with Gasteiger partial charge in [0.05, 0.1) is 0 Å². The normalized spacial score (nSPS) is 12.2. The van der Waals surface area contributed by atoms with E-state index in [1.54, 1.807) is 6.20 Å². The lowest BCUT2D eigenvalue weighted by atomic mass is 9.86. The van der Waals surface area contributed by atoms with Crippen molar-refractivity contribution in [2.24, 2.45) is 0 Å². The van der Waals surface area contributed by atoms with Gasteiger partial charge < -0.3 is 5.11 Å². The molecule has 0 aliphatic heterocycles. The summed E-state index contributed by atoms with van der Waals surface area (Å²) in [5.41, 5.74) is 4.48. The van der Waals surface area contributed by atoms with Gasteiger partial charge in [0.1, 0.15) is 11.3 Å². The zero-order valence-electron chi connectivity index (χ0n) is 14.9. The fourth-order valence-electron chi connectivity index (χ4n) is 3.49. The summed E-state index contributed by atoms with van der Waals surface area (Å²) >= 11 is 6.52. The highest BCUT2D eigenvalue weighted by atomic mass is 35.5. The zero-order valence-corrected chi connectivity index (χ0v) is 15.7. The molecule has 0 radical (unpaired) electrons. The quantitative estimate of drug-likeness (QED) is 0.500. The van der Waals surface area contributed by atoms with Crippen molar-refractivity contribution >= 4 is 22.5 Å². The van der Waals surface area contributed by atoms with Crippen molar-refractivity contribution in [3.63, 3.8) is 0 Å². The first-order chi connectivity index (χ1) is 13.1. The average molecular weight is 375 g/mol. The number of nitrogens with zero attached hydrogens (tertiary/aromatic N) is 2. The molecule has 0 fully saturated rings. The molecule has 1 atom stereocenters. The molecular weight excluding hydrogens is 356 g/mol. The van der Waals surface area contributed by atoms with Crippen molar-refractivity contribution in [2.45, 2.75) is 19.3 Å². The molecule has 0 spiro atoms. The average Bonchev–Trinajstić information content (AvgIpc) is 2.68. The van der Waals surface area contributed by atoms with Crippen molar-refractivity contribution in [1.29, 1.82) is 0 Å². The molecule has 0 amide bonds. The molecule has 0 aliphatic rings. The van der Waals surface area contributed by atoms with Crippen LogP contribution >= 0.6 is 11.6 Å². The van der Waals surface area contributed by atoms with Gasteiger partial charge in [-0.3, -0.25) is 9.97 Å². The maximum atomic E-state index is 11.0. The van der Waals surface area contributed by atoms with Crippen molar-refractivity contribution in [3.05, 3.63) is 100 Å². The van der Waals surface area contributed by atoms with E-state index in [0.717, 1.165) is 27.8 Å². The third-order valence-electron chi connectivity index (χ3n) is 4.82. The van der Waals surface area contributed by atoms with Crippen LogP contribution in [0.5, 0.6) is 5.75 Å². The molecule has 3 nitrogen and oxygen atoms in total. The van der Waals surface area contributed by atoms with Gasteiger partial charge in [-0.05, 0) is 42.3 Å². The highest BCUT2D eigenvalue weighted by Gasteiger charge is 2.22. The van der Waals surface area contributed by atoms with Gasteiger partial charge in [0.25, 0.3) is 0 Å². The molecule has 4 aromatic rings. The maximum absolute atomic E-state index is 11.0. The summed E-state index contributed by atoms with van der Waals surface area (Å²) in [5, 5.41) is 12.6. The third-order valence-corrected chi connectivity index (χ3v) is 5.16. The van der Waals surface area contributed by atoms with Crippen molar-refractivity contribution < 1.29 is 5.11 Å². The summed E-state index contributed by atoms with van der Waals surface area (Å²) in [4.78, 5) is 8.87. The molecule has 134 valence electrons. The minimum atomic E-state index is -0.126. The fourth-order valence-corrected chi connectivity index (χ4v) is 3.76. The van der Waals surface area contributed by atoms with E-state index in [2.05, 4.69) is 16.0 Å². The first-order valence-corrected chi connectivity index (χ1v) is 9.24. The van der Waals surface area contributed by atoms with Gasteiger partial charge in [-0.25, -0.2) is 0 Å². The Labute approximate surface area is 163 Å². The van der Waals surface area contributed by atoms with Gasteiger partial charge in [-0.1, -0.05) is 48.0 Å². The molecule has 2 heterocycles. The second-order valence-corrected chi connectivity index (χ2v) is 7.09. The third kappa shape index (κ3) is 3.51. The lowest BCUT2D eigenvalue weighted by Gasteiger charge is -2.21. The number of benzene rings is 2. The Morgan fingerprint density at radius 2 is 1.78 bits per heavy atom. The number of halogens is 1. The van der Waals surface area contributed by atoms with Crippen LogP contribution in [0, 0.1) is 6.92 Å². The van der Waals surface area contributed by atoms with Crippen LogP contribution in [-0.4, -0.2) is 15.1 Å². The number of hydrogen-bond donors (Lipinski definition) is 1. The molecule has 0 bridgehead atoms. The molecule has 27 heavy (non-hydrogen) atoms. The van der Waals surface area contributed by atoms with Crippen molar-refractivity contribution in [2.75, 3.05) is 0 Å². The number of pyridine rings is 2. The SMILES string of the molecule is Cc1ccnc(CC(c2ccccc2Cl)c2ccc3cccnc3c2O)c1. The lowest BCUT2D eigenvalue weighted by molar-refractivity contribution is 0.469. The number of fused-ring (bicyclic) bond motifs is 1. The topological polar surface area (TPSA) is 46.0 Å². The molecule has 0 aliphatic carbocycles. The Kier molecular flexibility index (Phi) is 4.78. The van der Waals surface area contributed by atoms with Crippen LogP contribution in [0.2, 0.25) is 5.02 Å². The Balaban J connectivity index is 1.88. The standard InChI is InChI=1S/C23H19ClN2O/c1-15-10-12-25-17(13-15)14-20(18-6-2-3-7-21(18)24)19-9-8-16-5-4-11-26-22(16)23(19)27/h2-13,20,27H,14H2,1H3. The molecule has 4 heteroatoms. The highest BCUT2D eigenvalue weighted by molar-refractivity contribution is 6.31. The lowest BCUT2D eigenvalue weighted by Crippen LogP contribution is -2.08. The Morgan fingerprint density at radius 1 is 0.926 bits per heavy atom. The number of aromatic nitrogens is 2. The number of phenols is 1. The number of phenolic OH excluding ortho intramolecular Hbond substituents is 1. The molecular formula is C23H19ClN2O. The maximum Gasteiger partial charge on any atom is 0.145 e. The molecule has 4 rings (SSSR count). The van der Waals surface area contributed by atoms with Crippen LogP contribution in [0.3, 0.4) is 0 Å². The van der Waals surface area contributed by atoms with Crippen molar-refractivity contribution in [1.82, 2.24) is 9.97 Å². The second-order valence-electron chi connectivity index (χ2n) is 6.68. The summed E-state index contributed by atoms with van der Waals surface area (Å²) in [6.45, 7) is 2.05. The van der Waals surface area contributed by atoms with Crippen LogP contribution in [0.4, 0.5) is 0 Å². The number of hydrogen-bond acceptors (Lipinski definition) is 3. The van der Waals surface area contributed by atoms with E-state index in [1.165, 1.54) is 0 Å². The minimum absolute atomic E-state index is 0.126. The molecule has 1 unspecified atom stereocenters. The molecule has 2 aromatic carbocycles. The van der Waals surface area contributed by atoms with Crippen LogP contribution in [0.15, 0.2) is 73.1 Å². The Morgan fingerprint density at radius 3 is 2.59 bits per heavy atom. The minimum Gasteiger partial charge on any atom is -0.505 e. The highest BCUT2D eigenvalue weighted by Crippen LogP contribution is 2.39. The van der Waals surface area contributed by atoms with E-state index < -0.39 is 0 Å². The Hall–Kier alpha value is -2.91. The summed E-state index contributed by atoms with van der Waals surface area (Å²) < 4.78 is 0. The van der Waals surface area contributed by atoms with Crippen LogP contribution in [0.25, 0.3) is 10.9 Å². The van der Waals surface area contributed by atoms with Gasteiger partial charge in [0.2, 0.25) is 0 Å². The number of aryl methyl sites for hydroxylation is 1. The summed E-state index contributed by atoms with van der Waals surface area (Å²) in [7, 11) is 0. The molecule has 2 aromatic heterocycles. The monoisotopic (exact) mass is 374 g/mol. The molecule has 1 N–H and O–H groups in total. The largest absolute Gasteiger partial charge is 0.505 e. The first-order valence-electron chi connectivity index (χ1n) is 8.86. The van der Waals surface area contributed by atoms with Gasteiger partial charge in [0, 0.05) is 46.4 Å². The second kappa shape index (κ2) is 7.37. The van der Waals surface area contributed by atoms with Crippen molar-refractivity contribution in [3.8, 4) is 5.75 Å². The van der Waals surface area contributed by atoms with E-state index in [4.69, 9.17) is 11.6 Å². The van der Waals surface area contributed by atoms with E-state index in [1.807, 2.05) is 67.7 Å². The number of aromatic hydroxyl groups is 1. The van der Waals surface area contributed by atoms with Gasteiger partial charge >= 0.3 is 0 Å². The van der Waals surface area contributed by atoms with E-state index in [-0.39, 0.29) is 11.7 Å². The van der Waals surface area contributed by atoms with E-state index >= 15 is 0 Å². The summed E-state index contributed by atoms with van der Waals surface area (Å²) in [5.74, 6) is 0.0741. The molecule has 0 saturated heterocycles. The van der Waals surface area contributed by atoms with E-state index in [0.29, 0.717) is 17.0 Å². The summed E-state index contributed by atoms with van der Waals surface area (Å²) in [6.07, 6.45) is 4.14. The Bertz CT molecular complexity index is 1110. The fraction of sp³-hybridized carbons (Fsp3) is 0.130. The summed E-state index contributed by atoms with van der Waals surface area (Å²) in [6, 6.07) is 19.6. The van der Waals surface area contributed by atoms with Crippen LogP contribution in [-0.2, 0) is 6.42 Å². The molecule has 0 saturated carbocycles. The van der Waals surface area contributed by atoms with Crippen LogP contribution in [0.1, 0.15) is 28.3 Å². The zero-order chi connectivity index (χ0) is 18.8. The predicted molar refractivity (Wildman–Crippen MR) is 109 cm³/mol. The van der Waals surface area contributed by atoms with Crippen LogP contribution < -0.4 is 0 Å². The van der Waals surface area contributed by atoms with Gasteiger partial charge in [-0.2, -0.15) is 0 Å². The smallest absolute Gasteiger partial charge is 0.145 e. The first kappa shape index (κ1) is 17.5. The van der Waals surface area contributed by atoms with Gasteiger partial charge in [-0.15, -0.1) is 0 Å². The number of rotatable bonds is 4. The van der Waals surface area contributed by atoms with Gasteiger partial charge in [0.15, 0.2) is 0 Å².